The zero-order valence-electron chi connectivity index (χ0n) is 13.8. The van der Waals surface area contributed by atoms with Crippen molar-refractivity contribution in [3.05, 3.63) is 64.7 Å². The predicted molar refractivity (Wildman–Crippen MR) is 99.1 cm³/mol. The molecular formula is C18H14ClF2NO4S. The van der Waals surface area contributed by atoms with E-state index in [-0.39, 0.29) is 17.4 Å². The van der Waals surface area contributed by atoms with Crippen molar-refractivity contribution in [2.75, 3.05) is 23.4 Å². The minimum atomic E-state index is -0.898. The first-order valence-electron chi connectivity index (χ1n) is 7.62. The van der Waals surface area contributed by atoms with E-state index in [1.807, 2.05) is 0 Å². The van der Waals surface area contributed by atoms with E-state index in [1.165, 1.54) is 0 Å². The first kappa shape index (κ1) is 20.9. The van der Waals surface area contributed by atoms with Crippen molar-refractivity contribution >= 4 is 46.7 Å². The van der Waals surface area contributed by atoms with E-state index in [2.05, 4.69) is 5.32 Å². The van der Waals surface area contributed by atoms with Crippen molar-refractivity contribution < 1.29 is 27.9 Å². The summed E-state index contributed by atoms with van der Waals surface area (Å²) in [6, 6.07) is 8.96. The Morgan fingerprint density at radius 2 is 1.74 bits per heavy atom. The van der Waals surface area contributed by atoms with Crippen LogP contribution < -0.4 is 5.32 Å². The van der Waals surface area contributed by atoms with Crippen LogP contribution >= 0.6 is 23.4 Å². The van der Waals surface area contributed by atoms with Crippen LogP contribution in [-0.4, -0.2) is 35.8 Å². The Morgan fingerprint density at radius 1 is 1.04 bits per heavy atom. The van der Waals surface area contributed by atoms with Gasteiger partial charge in [-0.25, -0.2) is 8.78 Å². The van der Waals surface area contributed by atoms with E-state index in [9.17, 15) is 23.2 Å². The van der Waals surface area contributed by atoms with Gasteiger partial charge in [-0.15, -0.1) is 11.8 Å². The Kier molecular flexibility index (Phi) is 7.75. The molecule has 0 saturated carbocycles. The largest absolute Gasteiger partial charge is 0.457 e. The van der Waals surface area contributed by atoms with Gasteiger partial charge in [-0.1, -0.05) is 11.6 Å². The molecule has 0 radical (unpaired) electrons. The third-order valence-corrected chi connectivity index (χ3v) is 4.33. The molecule has 2 aromatic rings. The third kappa shape index (κ3) is 6.99. The second-order valence-electron chi connectivity index (χ2n) is 5.26. The van der Waals surface area contributed by atoms with Gasteiger partial charge in [0.1, 0.15) is 11.6 Å². The van der Waals surface area contributed by atoms with Crippen LogP contribution in [0.1, 0.15) is 10.4 Å². The van der Waals surface area contributed by atoms with E-state index < -0.39 is 35.6 Å². The van der Waals surface area contributed by atoms with Crippen LogP contribution in [0.4, 0.5) is 14.5 Å². The molecule has 0 spiro atoms. The summed E-state index contributed by atoms with van der Waals surface area (Å²) >= 11 is 6.73. The van der Waals surface area contributed by atoms with Gasteiger partial charge < -0.3 is 10.1 Å². The fraction of sp³-hybridized carbons (Fsp3) is 0.167. The molecule has 0 saturated heterocycles. The summed E-state index contributed by atoms with van der Waals surface area (Å²) in [5.41, 5.74) is 0.0769. The van der Waals surface area contributed by atoms with Gasteiger partial charge in [-0.3, -0.25) is 14.4 Å². The number of thioether (sulfide) groups is 1. The molecule has 0 unspecified atom stereocenters. The predicted octanol–water partition coefficient (Wildman–Crippen LogP) is 3.72. The van der Waals surface area contributed by atoms with Crippen LogP contribution in [0.2, 0.25) is 5.02 Å². The van der Waals surface area contributed by atoms with Gasteiger partial charge in [0.05, 0.1) is 17.1 Å². The molecular weight excluding hydrogens is 400 g/mol. The lowest BCUT2D eigenvalue weighted by Gasteiger charge is -2.06. The second-order valence-corrected chi connectivity index (χ2v) is 6.68. The van der Waals surface area contributed by atoms with Crippen molar-refractivity contribution in [2.24, 2.45) is 0 Å². The Hall–Kier alpha value is -2.45. The molecule has 0 bridgehead atoms. The van der Waals surface area contributed by atoms with E-state index in [1.54, 1.807) is 24.3 Å². The maximum absolute atomic E-state index is 13.5. The van der Waals surface area contributed by atoms with Crippen molar-refractivity contribution in [3.63, 3.8) is 0 Å². The summed E-state index contributed by atoms with van der Waals surface area (Å²) in [6.07, 6.45) is 0. The van der Waals surface area contributed by atoms with Crippen molar-refractivity contribution in [3.8, 4) is 0 Å². The number of rotatable bonds is 8. The van der Waals surface area contributed by atoms with Crippen LogP contribution in [0, 0.1) is 11.6 Å². The average Bonchev–Trinajstić information content (AvgIpc) is 2.63. The molecule has 27 heavy (non-hydrogen) atoms. The number of amides is 1. The highest BCUT2D eigenvalue weighted by Gasteiger charge is 2.15. The number of hydrogen-bond donors (Lipinski definition) is 1. The molecule has 5 nitrogen and oxygen atoms in total. The lowest BCUT2D eigenvalue weighted by molar-refractivity contribution is -0.139. The van der Waals surface area contributed by atoms with Gasteiger partial charge in [0.15, 0.2) is 6.61 Å². The van der Waals surface area contributed by atoms with Crippen molar-refractivity contribution in [2.45, 2.75) is 0 Å². The molecule has 2 aromatic carbocycles. The minimum absolute atomic E-state index is 0.00972. The van der Waals surface area contributed by atoms with Crippen LogP contribution in [0.25, 0.3) is 0 Å². The number of carbonyl (C=O) groups is 3. The van der Waals surface area contributed by atoms with Gasteiger partial charge in [0.2, 0.25) is 11.7 Å². The fourth-order valence-corrected chi connectivity index (χ4v) is 2.67. The number of anilines is 1. The third-order valence-electron chi connectivity index (χ3n) is 3.17. The van der Waals surface area contributed by atoms with Crippen molar-refractivity contribution in [1.82, 2.24) is 0 Å². The monoisotopic (exact) mass is 413 g/mol. The minimum Gasteiger partial charge on any atom is -0.457 e. The molecule has 9 heteroatoms. The van der Waals surface area contributed by atoms with E-state index in [4.69, 9.17) is 16.3 Å². The Labute approximate surface area is 163 Å². The topological polar surface area (TPSA) is 72.5 Å². The van der Waals surface area contributed by atoms with Gasteiger partial charge in [0.25, 0.3) is 0 Å². The molecule has 0 atom stereocenters. The van der Waals surface area contributed by atoms with Crippen molar-refractivity contribution in [1.29, 1.82) is 0 Å². The number of benzene rings is 2. The summed E-state index contributed by atoms with van der Waals surface area (Å²) in [7, 11) is 0. The second kappa shape index (κ2) is 10.0. The molecule has 0 aliphatic rings. The first-order chi connectivity index (χ1) is 12.8. The fourth-order valence-electron chi connectivity index (χ4n) is 1.93. The smallest absolute Gasteiger partial charge is 0.316 e. The molecule has 0 heterocycles. The van der Waals surface area contributed by atoms with Crippen LogP contribution in [0.3, 0.4) is 0 Å². The highest BCUT2D eigenvalue weighted by Crippen LogP contribution is 2.14. The summed E-state index contributed by atoms with van der Waals surface area (Å²) < 4.78 is 31.2. The highest BCUT2D eigenvalue weighted by molar-refractivity contribution is 8.00. The molecule has 0 fully saturated rings. The zero-order valence-corrected chi connectivity index (χ0v) is 15.4. The zero-order chi connectivity index (χ0) is 19.8. The highest BCUT2D eigenvalue weighted by atomic mass is 35.5. The molecule has 1 N–H and O–H groups in total. The normalized spacial score (nSPS) is 10.3. The van der Waals surface area contributed by atoms with Gasteiger partial charge in [-0.2, -0.15) is 0 Å². The van der Waals surface area contributed by atoms with Crippen LogP contribution in [0.5, 0.6) is 0 Å². The molecule has 0 aliphatic heterocycles. The number of Topliss-reactive ketones (excluding diaryl/α,β-unsaturated/α-hetero) is 1. The molecule has 0 aromatic heterocycles. The average molecular weight is 414 g/mol. The summed E-state index contributed by atoms with van der Waals surface area (Å²) in [4.78, 5) is 35.1. The summed E-state index contributed by atoms with van der Waals surface area (Å²) in [5.74, 6) is -3.78. The van der Waals surface area contributed by atoms with E-state index >= 15 is 0 Å². The van der Waals surface area contributed by atoms with E-state index in [0.717, 1.165) is 30.0 Å². The van der Waals surface area contributed by atoms with Crippen LogP contribution in [0.15, 0.2) is 42.5 Å². The first-order valence-corrected chi connectivity index (χ1v) is 9.15. The molecule has 1 amide bonds. The van der Waals surface area contributed by atoms with Gasteiger partial charge in [-0.05, 0) is 42.5 Å². The molecule has 2 rings (SSSR count). The lowest BCUT2D eigenvalue weighted by Crippen LogP contribution is -2.19. The Morgan fingerprint density at radius 3 is 2.44 bits per heavy atom. The van der Waals surface area contributed by atoms with Gasteiger partial charge in [0, 0.05) is 10.7 Å². The number of hydrogen-bond acceptors (Lipinski definition) is 5. The number of ether oxygens (including phenoxy) is 1. The molecule has 0 aliphatic carbocycles. The SMILES string of the molecule is O=C(CSCC(=O)OCC(=O)c1cc(F)ccc1F)Nc1ccc(Cl)cc1. The number of carbonyl (C=O) groups excluding carboxylic acids is 3. The maximum Gasteiger partial charge on any atom is 0.316 e. The van der Waals surface area contributed by atoms with Gasteiger partial charge >= 0.3 is 5.97 Å². The summed E-state index contributed by atoms with van der Waals surface area (Å²) in [6.45, 7) is -0.712. The Balaban J connectivity index is 1.70. The standard InChI is InChI=1S/C18H14ClF2NO4S/c19-11-1-4-13(5-2-11)22-17(24)9-27-10-18(25)26-8-16(23)14-7-12(20)3-6-15(14)21/h1-7H,8-10H2,(H,22,24). The Bertz CT molecular complexity index is 846. The quantitative estimate of drug-likeness (QED) is 0.527. The number of esters is 1. The maximum atomic E-state index is 13.5. The van der Waals surface area contributed by atoms with E-state index in [0.29, 0.717) is 10.7 Å². The number of halogens is 3. The lowest BCUT2D eigenvalue weighted by atomic mass is 10.1. The van der Waals surface area contributed by atoms with Crippen LogP contribution in [-0.2, 0) is 14.3 Å². The molecule has 142 valence electrons. The number of nitrogens with one attached hydrogen (secondary N) is 1. The number of ketones is 1. The summed E-state index contributed by atoms with van der Waals surface area (Å²) in [5, 5.41) is 3.16.